The fourth-order valence-electron chi connectivity index (χ4n) is 3.58. The fraction of sp³-hybridized carbons (Fsp3) is 0.333. The summed E-state index contributed by atoms with van der Waals surface area (Å²) < 4.78 is 4.75. The second-order valence-electron chi connectivity index (χ2n) is 6.78. The molecule has 140 valence electrons. The van der Waals surface area contributed by atoms with E-state index in [0.29, 0.717) is 5.56 Å². The summed E-state index contributed by atoms with van der Waals surface area (Å²) in [5.74, 6) is 0.589. The highest BCUT2D eigenvalue weighted by Gasteiger charge is 2.24. The third-order valence-electron chi connectivity index (χ3n) is 5.09. The molecule has 0 bridgehead atoms. The Bertz CT molecular complexity index is 860. The molecule has 1 fully saturated rings. The standard InChI is InChI=1S/C21H22N2O3S/c1-26-21(25)15-5-8-17(9-6-15)23-14-27-19-13-16(7-10-18(19)23)20(24)22-11-3-2-4-12-22/h5-10,13H,2-4,11-12,14H2,1H3. The summed E-state index contributed by atoms with van der Waals surface area (Å²) in [4.78, 5) is 29.6. The van der Waals surface area contributed by atoms with Gasteiger partial charge in [0.15, 0.2) is 0 Å². The Balaban J connectivity index is 1.54. The molecule has 0 aromatic heterocycles. The Morgan fingerprint density at radius 3 is 2.37 bits per heavy atom. The van der Waals surface area contributed by atoms with E-state index in [-0.39, 0.29) is 11.9 Å². The van der Waals surface area contributed by atoms with Crippen molar-refractivity contribution in [1.29, 1.82) is 0 Å². The number of piperidine rings is 1. The fourth-order valence-corrected chi connectivity index (χ4v) is 4.67. The second kappa shape index (κ2) is 7.64. The Hall–Kier alpha value is -2.47. The lowest BCUT2D eigenvalue weighted by Crippen LogP contribution is -2.35. The second-order valence-corrected chi connectivity index (χ2v) is 7.76. The predicted molar refractivity (Wildman–Crippen MR) is 107 cm³/mol. The minimum atomic E-state index is -0.335. The van der Waals surface area contributed by atoms with Crippen molar-refractivity contribution in [2.24, 2.45) is 0 Å². The molecule has 0 spiro atoms. The molecule has 0 atom stereocenters. The van der Waals surface area contributed by atoms with Gasteiger partial charge >= 0.3 is 5.97 Å². The molecule has 2 heterocycles. The largest absolute Gasteiger partial charge is 0.465 e. The summed E-state index contributed by atoms with van der Waals surface area (Å²) in [6.07, 6.45) is 3.41. The van der Waals surface area contributed by atoms with E-state index in [1.54, 1.807) is 23.9 Å². The summed E-state index contributed by atoms with van der Waals surface area (Å²) in [7, 11) is 1.38. The van der Waals surface area contributed by atoms with Crippen LogP contribution in [-0.2, 0) is 4.74 Å². The first-order chi connectivity index (χ1) is 13.2. The normalized spacial score (nSPS) is 16.2. The van der Waals surface area contributed by atoms with Gasteiger partial charge in [0, 0.05) is 29.2 Å². The molecule has 2 aliphatic rings. The van der Waals surface area contributed by atoms with E-state index < -0.39 is 0 Å². The molecule has 2 aromatic rings. The molecule has 0 unspecified atom stereocenters. The maximum absolute atomic E-state index is 12.7. The lowest BCUT2D eigenvalue weighted by Gasteiger charge is -2.27. The lowest BCUT2D eigenvalue weighted by atomic mass is 10.1. The third-order valence-corrected chi connectivity index (χ3v) is 6.12. The maximum atomic E-state index is 12.7. The smallest absolute Gasteiger partial charge is 0.337 e. The first kappa shape index (κ1) is 17.9. The zero-order chi connectivity index (χ0) is 18.8. The number of hydrogen-bond donors (Lipinski definition) is 0. The van der Waals surface area contributed by atoms with Crippen LogP contribution in [0.25, 0.3) is 0 Å². The van der Waals surface area contributed by atoms with E-state index in [1.165, 1.54) is 13.5 Å². The number of methoxy groups -OCH3 is 1. The number of benzene rings is 2. The molecule has 0 radical (unpaired) electrons. The molecule has 27 heavy (non-hydrogen) atoms. The van der Waals surface area contributed by atoms with Crippen molar-refractivity contribution in [2.75, 3.05) is 31.0 Å². The van der Waals surface area contributed by atoms with Gasteiger partial charge < -0.3 is 14.5 Å². The van der Waals surface area contributed by atoms with Crippen LogP contribution in [0.3, 0.4) is 0 Å². The van der Waals surface area contributed by atoms with Crippen LogP contribution in [0.1, 0.15) is 40.0 Å². The predicted octanol–water partition coefficient (Wildman–Crippen LogP) is 4.30. The van der Waals surface area contributed by atoms with E-state index in [2.05, 4.69) is 4.90 Å². The third kappa shape index (κ3) is 3.54. The van der Waals surface area contributed by atoms with Crippen molar-refractivity contribution in [2.45, 2.75) is 24.2 Å². The summed E-state index contributed by atoms with van der Waals surface area (Å²) in [5, 5.41) is 0. The Morgan fingerprint density at radius 2 is 1.67 bits per heavy atom. The number of likely N-dealkylation sites (tertiary alicyclic amines) is 1. The van der Waals surface area contributed by atoms with Gasteiger partial charge in [0.1, 0.15) is 0 Å². The van der Waals surface area contributed by atoms with Gasteiger partial charge in [-0.1, -0.05) is 0 Å². The molecule has 4 rings (SSSR count). The van der Waals surface area contributed by atoms with Crippen molar-refractivity contribution in [3.05, 3.63) is 53.6 Å². The van der Waals surface area contributed by atoms with Crippen LogP contribution in [0.4, 0.5) is 11.4 Å². The number of rotatable bonds is 3. The lowest BCUT2D eigenvalue weighted by molar-refractivity contribution is 0.0600. The molecule has 6 heteroatoms. The summed E-state index contributed by atoms with van der Waals surface area (Å²) in [6.45, 7) is 1.73. The molecule has 0 N–H and O–H groups in total. The SMILES string of the molecule is COC(=O)c1ccc(N2CSc3cc(C(=O)N4CCCCC4)ccc32)cc1. The monoisotopic (exact) mass is 382 g/mol. The van der Waals surface area contributed by atoms with Crippen LogP contribution in [0, 0.1) is 0 Å². The van der Waals surface area contributed by atoms with Gasteiger partial charge in [0.25, 0.3) is 5.91 Å². The molecule has 2 aromatic carbocycles. The van der Waals surface area contributed by atoms with Crippen molar-refractivity contribution < 1.29 is 14.3 Å². The zero-order valence-corrected chi connectivity index (χ0v) is 16.1. The molecule has 1 amide bonds. The molecule has 0 aliphatic carbocycles. The minimum Gasteiger partial charge on any atom is -0.465 e. The average molecular weight is 382 g/mol. The van der Waals surface area contributed by atoms with Crippen LogP contribution in [0.5, 0.6) is 0 Å². The van der Waals surface area contributed by atoms with Gasteiger partial charge in [-0.3, -0.25) is 4.79 Å². The Labute approximate surface area is 163 Å². The maximum Gasteiger partial charge on any atom is 0.337 e. The van der Waals surface area contributed by atoms with Crippen molar-refractivity contribution in [3.63, 3.8) is 0 Å². The van der Waals surface area contributed by atoms with E-state index in [4.69, 9.17) is 4.74 Å². The molecule has 0 saturated carbocycles. The molecule has 5 nitrogen and oxygen atoms in total. The number of ether oxygens (including phenoxy) is 1. The van der Waals surface area contributed by atoms with Gasteiger partial charge in [-0.15, -0.1) is 11.8 Å². The minimum absolute atomic E-state index is 0.138. The number of carbonyl (C=O) groups is 2. The summed E-state index contributed by atoms with van der Waals surface area (Å²) in [5.41, 5.74) is 3.42. The number of amides is 1. The summed E-state index contributed by atoms with van der Waals surface area (Å²) in [6, 6.07) is 13.4. The van der Waals surface area contributed by atoms with Crippen molar-refractivity contribution >= 4 is 35.0 Å². The molecule has 1 saturated heterocycles. The first-order valence-corrected chi connectivity index (χ1v) is 10.2. The van der Waals surface area contributed by atoms with Gasteiger partial charge in [0.2, 0.25) is 0 Å². The van der Waals surface area contributed by atoms with E-state index in [1.807, 2.05) is 35.2 Å². The van der Waals surface area contributed by atoms with E-state index in [9.17, 15) is 9.59 Å². The van der Waals surface area contributed by atoms with Gasteiger partial charge in [-0.05, 0) is 61.7 Å². The number of esters is 1. The molecular weight excluding hydrogens is 360 g/mol. The summed E-state index contributed by atoms with van der Waals surface area (Å²) >= 11 is 1.73. The van der Waals surface area contributed by atoms with Crippen LogP contribution in [0.2, 0.25) is 0 Å². The van der Waals surface area contributed by atoms with E-state index >= 15 is 0 Å². The molecular formula is C21H22N2O3S. The quantitative estimate of drug-likeness (QED) is 0.741. The number of carbonyl (C=O) groups excluding carboxylic acids is 2. The first-order valence-electron chi connectivity index (χ1n) is 9.19. The highest BCUT2D eigenvalue weighted by molar-refractivity contribution is 7.99. The number of hydrogen-bond acceptors (Lipinski definition) is 5. The van der Waals surface area contributed by atoms with Gasteiger partial charge in [0.05, 0.1) is 24.2 Å². The number of fused-ring (bicyclic) bond motifs is 1. The van der Waals surface area contributed by atoms with Crippen LogP contribution < -0.4 is 4.90 Å². The van der Waals surface area contributed by atoms with Crippen LogP contribution in [-0.4, -0.2) is 42.9 Å². The average Bonchev–Trinajstić information content (AvgIpc) is 3.16. The van der Waals surface area contributed by atoms with Crippen LogP contribution in [0.15, 0.2) is 47.4 Å². The Morgan fingerprint density at radius 1 is 0.963 bits per heavy atom. The van der Waals surface area contributed by atoms with Gasteiger partial charge in [-0.2, -0.15) is 0 Å². The topological polar surface area (TPSA) is 49.9 Å². The van der Waals surface area contributed by atoms with Gasteiger partial charge in [-0.25, -0.2) is 4.79 Å². The Kier molecular flexibility index (Phi) is 5.07. The zero-order valence-electron chi connectivity index (χ0n) is 15.3. The van der Waals surface area contributed by atoms with E-state index in [0.717, 1.165) is 53.6 Å². The van der Waals surface area contributed by atoms with Crippen molar-refractivity contribution in [1.82, 2.24) is 4.90 Å². The number of nitrogens with zero attached hydrogens (tertiary/aromatic N) is 2. The number of anilines is 2. The highest BCUT2D eigenvalue weighted by Crippen LogP contribution is 2.43. The number of thioether (sulfide) groups is 1. The molecule has 2 aliphatic heterocycles. The van der Waals surface area contributed by atoms with Crippen LogP contribution >= 0.6 is 11.8 Å². The van der Waals surface area contributed by atoms with Crippen molar-refractivity contribution in [3.8, 4) is 0 Å². The highest BCUT2D eigenvalue weighted by atomic mass is 32.2.